The third kappa shape index (κ3) is 4.22. The van der Waals surface area contributed by atoms with Crippen LogP contribution in [0.15, 0.2) is 60.9 Å². The van der Waals surface area contributed by atoms with Crippen LogP contribution in [0.3, 0.4) is 0 Å². The Balaban J connectivity index is 1.84. The Morgan fingerprint density at radius 2 is 2.00 bits per heavy atom. The zero-order chi connectivity index (χ0) is 20.2. The van der Waals surface area contributed by atoms with E-state index < -0.39 is 5.82 Å². The number of halogens is 2. The molecule has 0 atom stereocenters. The minimum absolute atomic E-state index is 0.0208. The molecule has 4 rings (SSSR count). The second kappa shape index (κ2) is 8.32. The standard InChI is InChI=1S/C22H16ClFN4O/c23-18-12-16(6-7-19(18)24)26-22-17-11-14(3-2-10-29)5-8-20(17)27-21(28-22)15-4-1-9-25-13-15/h1,4-13H,2-3H2,(H,26,27,28). The molecule has 29 heavy (non-hydrogen) atoms. The first-order valence-corrected chi connectivity index (χ1v) is 9.38. The lowest BCUT2D eigenvalue weighted by Crippen LogP contribution is -2.00. The molecule has 0 saturated carbocycles. The van der Waals surface area contributed by atoms with Crippen LogP contribution in [0.5, 0.6) is 0 Å². The van der Waals surface area contributed by atoms with Gasteiger partial charge in [-0.25, -0.2) is 14.4 Å². The minimum Gasteiger partial charge on any atom is -0.340 e. The molecule has 0 amide bonds. The number of pyridine rings is 1. The predicted octanol–water partition coefficient (Wildman–Crippen LogP) is 5.36. The number of rotatable bonds is 6. The van der Waals surface area contributed by atoms with Crippen LogP contribution in [0, 0.1) is 5.82 Å². The molecule has 0 radical (unpaired) electrons. The summed E-state index contributed by atoms with van der Waals surface area (Å²) in [5.41, 5.74) is 3.12. The first-order chi connectivity index (χ1) is 14.1. The first-order valence-electron chi connectivity index (χ1n) is 9.01. The topological polar surface area (TPSA) is 67.8 Å². The molecule has 5 nitrogen and oxygen atoms in total. The highest BCUT2D eigenvalue weighted by Crippen LogP contribution is 2.29. The van der Waals surface area contributed by atoms with Crippen LogP contribution in [0.2, 0.25) is 5.02 Å². The van der Waals surface area contributed by atoms with E-state index in [9.17, 15) is 9.18 Å². The highest BCUT2D eigenvalue weighted by molar-refractivity contribution is 6.31. The molecule has 0 saturated heterocycles. The molecule has 2 aromatic carbocycles. The summed E-state index contributed by atoms with van der Waals surface area (Å²) >= 11 is 5.92. The van der Waals surface area contributed by atoms with Gasteiger partial charge in [-0.05, 0) is 54.4 Å². The second-order valence-electron chi connectivity index (χ2n) is 6.45. The van der Waals surface area contributed by atoms with Gasteiger partial charge in [-0.3, -0.25) is 4.98 Å². The third-order valence-corrected chi connectivity index (χ3v) is 4.70. The van der Waals surface area contributed by atoms with E-state index in [2.05, 4.69) is 20.3 Å². The number of anilines is 2. The molecule has 4 aromatic rings. The number of aldehydes is 1. The van der Waals surface area contributed by atoms with Gasteiger partial charge >= 0.3 is 0 Å². The second-order valence-corrected chi connectivity index (χ2v) is 6.86. The van der Waals surface area contributed by atoms with E-state index in [0.29, 0.717) is 30.2 Å². The van der Waals surface area contributed by atoms with Crippen molar-refractivity contribution in [2.75, 3.05) is 5.32 Å². The van der Waals surface area contributed by atoms with Gasteiger partial charge in [0, 0.05) is 35.5 Å². The van der Waals surface area contributed by atoms with Crippen LogP contribution in [0.1, 0.15) is 12.0 Å². The lowest BCUT2D eigenvalue weighted by Gasteiger charge is -2.12. The van der Waals surface area contributed by atoms with Gasteiger partial charge < -0.3 is 10.1 Å². The number of aryl methyl sites for hydroxylation is 1. The lowest BCUT2D eigenvalue weighted by molar-refractivity contribution is -0.107. The number of nitrogens with one attached hydrogen (secondary N) is 1. The number of carbonyl (C=O) groups is 1. The Morgan fingerprint density at radius 1 is 1.10 bits per heavy atom. The minimum atomic E-state index is -0.489. The van der Waals surface area contributed by atoms with E-state index in [4.69, 9.17) is 11.6 Å². The fourth-order valence-corrected chi connectivity index (χ4v) is 3.17. The van der Waals surface area contributed by atoms with Gasteiger partial charge in [-0.2, -0.15) is 0 Å². The van der Waals surface area contributed by atoms with E-state index in [0.717, 1.165) is 28.3 Å². The van der Waals surface area contributed by atoms with E-state index in [1.54, 1.807) is 18.5 Å². The highest BCUT2D eigenvalue weighted by atomic mass is 35.5. The number of benzene rings is 2. The van der Waals surface area contributed by atoms with Gasteiger partial charge in [0.1, 0.15) is 17.9 Å². The summed E-state index contributed by atoms with van der Waals surface area (Å²) in [5, 5.41) is 4.03. The van der Waals surface area contributed by atoms with Crippen molar-refractivity contribution in [3.8, 4) is 11.4 Å². The van der Waals surface area contributed by atoms with Crippen LogP contribution in [-0.2, 0) is 11.2 Å². The molecule has 0 aliphatic heterocycles. The zero-order valence-corrected chi connectivity index (χ0v) is 16.0. The van der Waals surface area contributed by atoms with E-state index >= 15 is 0 Å². The molecule has 0 spiro atoms. The first kappa shape index (κ1) is 19.0. The zero-order valence-electron chi connectivity index (χ0n) is 15.3. The maximum absolute atomic E-state index is 13.5. The van der Waals surface area contributed by atoms with E-state index in [-0.39, 0.29) is 5.02 Å². The average molecular weight is 407 g/mol. The summed E-state index contributed by atoms with van der Waals surface area (Å²) in [4.78, 5) is 24.2. The molecule has 0 unspecified atom stereocenters. The summed E-state index contributed by atoms with van der Waals surface area (Å²) in [6.45, 7) is 0. The van der Waals surface area contributed by atoms with Gasteiger partial charge in [0.2, 0.25) is 0 Å². The largest absolute Gasteiger partial charge is 0.340 e. The summed E-state index contributed by atoms with van der Waals surface area (Å²) in [7, 11) is 0. The summed E-state index contributed by atoms with van der Waals surface area (Å²) in [6.07, 6.45) is 5.34. The van der Waals surface area contributed by atoms with Crippen LogP contribution in [-0.4, -0.2) is 21.2 Å². The fourth-order valence-electron chi connectivity index (χ4n) is 2.99. The highest BCUT2D eigenvalue weighted by Gasteiger charge is 2.12. The Bertz CT molecular complexity index is 1180. The SMILES string of the molecule is O=CCCc1ccc2nc(-c3cccnc3)nc(Nc3ccc(F)c(Cl)c3)c2c1. The Labute approximate surface area is 171 Å². The van der Waals surface area contributed by atoms with Crippen molar-refractivity contribution < 1.29 is 9.18 Å². The molecule has 144 valence electrons. The summed E-state index contributed by atoms with van der Waals surface area (Å²) < 4.78 is 13.5. The molecule has 2 heterocycles. The van der Waals surface area contributed by atoms with Gasteiger partial charge in [-0.1, -0.05) is 17.7 Å². The Kier molecular flexibility index (Phi) is 5.44. The van der Waals surface area contributed by atoms with Crippen molar-refractivity contribution >= 4 is 40.3 Å². The normalized spacial score (nSPS) is 10.8. The average Bonchev–Trinajstić information content (AvgIpc) is 2.75. The predicted molar refractivity (Wildman–Crippen MR) is 112 cm³/mol. The molecule has 1 N–H and O–H groups in total. The molecule has 0 bridgehead atoms. The van der Waals surface area contributed by atoms with Crippen LogP contribution >= 0.6 is 11.6 Å². The van der Waals surface area contributed by atoms with Crippen molar-refractivity contribution in [2.45, 2.75) is 12.8 Å². The maximum atomic E-state index is 13.5. The number of nitrogens with zero attached hydrogens (tertiary/aromatic N) is 3. The van der Waals surface area contributed by atoms with Crippen molar-refractivity contribution in [2.24, 2.45) is 0 Å². The van der Waals surface area contributed by atoms with Crippen molar-refractivity contribution in [3.63, 3.8) is 0 Å². The Hall–Kier alpha value is -3.38. The van der Waals surface area contributed by atoms with E-state index in [1.165, 1.54) is 12.1 Å². The van der Waals surface area contributed by atoms with Gasteiger partial charge in [0.05, 0.1) is 10.5 Å². The smallest absolute Gasteiger partial charge is 0.163 e. The number of fused-ring (bicyclic) bond motifs is 1. The number of aromatic nitrogens is 3. The van der Waals surface area contributed by atoms with Crippen molar-refractivity contribution in [1.29, 1.82) is 0 Å². The summed E-state index contributed by atoms with van der Waals surface area (Å²) in [6, 6.07) is 13.9. The number of hydrogen-bond acceptors (Lipinski definition) is 5. The number of carbonyl (C=O) groups excluding carboxylic acids is 1. The maximum Gasteiger partial charge on any atom is 0.163 e. The third-order valence-electron chi connectivity index (χ3n) is 4.41. The van der Waals surface area contributed by atoms with Crippen molar-refractivity contribution in [3.05, 3.63) is 77.3 Å². The molecule has 0 aliphatic rings. The van der Waals surface area contributed by atoms with Crippen molar-refractivity contribution in [1.82, 2.24) is 15.0 Å². The molecule has 7 heteroatoms. The molecular weight excluding hydrogens is 391 g/mol. The van der Waals surface area contributed by atoms with Gasteiger partial charge in [0.25, 0.3) is 0 Å². The molecular formula is C22H16ClFN4O. The van der Waals surface area contributed by atoms with Crippen LogP contribution in [0.25, 0.3) is 22.3 Å². The molecule has 0 aliphatic carbocycles. The molecule has 2 aromatic heterocycles. The van der Waals surface area contributed by atoms with Gasteiger partial charge in [-0.15, -0.1) is 0 Å². The quantitative estimate of drug-likeness (QED) is 0.436. The van der Waals surface area contributed by atoms with Crippen LogP contribution in [0.4, 0.5) is 15.9 Å². The van der Waals surface area contributed by atoms with E-state index in [1.807, 2.05) is 30.3 Å². The number of hydrogen-bond donors (Lipinski definition) is 1. The fraction of sp³-hybridized carbons (Fsp3) is 0.0909. The molecule has 0 fully saturated rings. The van der Waals surface area contributed by atoms with Crippen LogP contribution < -0.4 is 5.32 Å². The summed E-state index contributed by atoms with van der Waals surface area (Å²) in [5.74, 6) is 0.586. The van der Waals surface area contributed by atoms with Gasteiger partial charge in [0.15, 0.2) is 5.82 Å². The monoisotopic (exact) mass is 406 g/mol. The lowest BCUT2D eigenvalue weighted by atomic mass is 10.1. The Morgan fingerprint density at radius 3 is 2.76 bits per heavy atom.